The first-order valence-electron chi connectivity index (χ1n) is 6.24. The van der Waals surface area contributed by atoms with Crippen LogP contribution in [0.5, 0.6) is 5.75 Å². The second kappa shape index (κ2) is 4.48. The highest BCUT2D eigenvalue weighted by atomic mass is 16.3. The van der Waals surface area contributed by atoms with Gasteiger partial charge in [0.05, 0.1) is 5.56 Å². The molecule has 0 saturated carbocycles. The summed E-state index contributed by atoms with van der Waals surface area (Å²) >= 11 is 0. The van der Waals surface area contributed by atoms with Crippen molar-refractivity contribution in [2.45, 2.75) is 19.3 Å². The third kappa shape index (κ3) is 2.05. The molecule has 1 aromatic carbocycles. The topological polar surface area (TPSA) is 95.1 Å². The van der Waals surface area contributed by atoms with Crippen LogP contribution in [0.1, 0.15) is 29.3 Å². The number of carbonyl (C=O) groups excluding carboxylic acids is 1. The molecule has 102 valence electrons. The van der Waals surface area contributed by atoms with Gasteiger partial charge in [-0.2, -0.15) is 0 Å². The molecular weight excluding hydrogens is 258 g/mol. The normalized spacial score (nSPS) is 17.4. The number of carbonyl (C=O) groups is 1. The van der Waals surface area contributed by atoms with Gasteiger partial charge in [-0.3, -0.25) is 9.59 Å². The molecule has 0 spiro atoms. The van der Waals surface area contributed by atoms with Crippen molar-refractivity contribution in [3.8, 4) is 5.75 Å². The van der Waals surface area contributed by atoms with Crippen molar-refractivity contribution in [1.29, 1.82) is 0 Å². The van der Waals surface area contributed by atoms with Crippen LogP contribution in [-0.4, -0.2) is 21.0 Å². The number of phenols is 1. The van der Waals surface area contributed by atoms with Crippen LogP contribution in [0.15, 0.2) is 29.1 Å². The number of hydrogen-bond acceptors (Lipinski definition) is 4. The highest BCUT2D eigenvalue weighted by Crippen LogP contribution is 2.34. The van der Waals surface area contributed by atoms with Crippen molar-refractivity contribution in [1.82, 2.24) is 9.97 Å². The lowest BCUT2D eigenvalue weighted by molar-refractivity contribution is -0.116. The number of aromatic amines is 1. The Morgan fingerprint density at radius 2 is 1.95 bits per heavy atom. The monoisotopic (exact) mass is 271 g/mol. The molecule has 20 heavy (non-hydrogen) atoms. The van der Waals surface area contributed by atoms with E-state index in [4.69, 9.17) is 0 Å². The number of amides is 1. The van der Waals surface area contributed by atoms with E-state index in [0.29, 0.717) is 17.2 Å². The molecule has 1 aliphatic heterocycles. The van der Waals surface area contributed by atoms with Crippen molar-refractivity contribution >= 4 is 11.7 Å². The number of fused-ring (bicyclic) bond motifs is 1. The number of rotatable bonds is 1. The smallest absolute Gasteiger partial charge is 0.256 e. The lowest BCUT2D eigenvalue weighted by Crippen LogP contribution is -2.31. The van der Waals surface area contributed by atoms with Gasteiger partial charge in [0.15, 0.2) is 0 Å². The summed E-state index contributed by atoms with van der Waals surface area (Å²) in [6.07, 6.45) is 0.186. The fourth-order valence-electron chi connectivity index (χ4n) is 2.48. The van der Waals surface area contributed by atoms with Gasteiger partial charge in [-0.1, -0.05) is 12.1 Å². The molecule has 2 heterocycles. The predicted octanol–water partition coefficient (Wildman–Crippen LogP) is 1.26. The molecule has 1 amide bonds. The SMILES string of the molecule is Cc1nc2c(c(=O)[nH]1)[C@H](c1ccc(O)cc1)CC(=O)N2. The Hall–Kier alpha value is -2.63. The molecule has 6 nitrogen and oxygen atoms in total. The number of phenolic OH excluding ortho intramolecular Hbond substituents is 1. The minimum Gasteiger partial charge on any atom is -0.508 e. The second-order valence-corrected chi connectivity index (χ2v) is 4.81. The van der Waals surface area contributed by atoms with E-state index in [-0.39, 0.29) is 29.6 Å². The summed E-state index contributed by atoms with van der Waals surface area (Å²) in [4.78, 5) is 30.8. The van der Waals surface area contributed by atoms with E-state index < -0.39 is 0 Å². The molecule has 2 aromatic rings. The van der Waals surface area contributed by atoms with E-state index in [9.17, 15) is 14.7 Å². The van der Waals surface area contributed by atoms with Crippen LogP contribution < -0.4 is 10.9 Å². The first-order valence-corrected chi connectivity index (χ1v) is 6.24. The summed E-state index contributed by atoms with van der Waals surface area (Å²) in [7, 11) is 0. The van der Waals surface area contributed by atoms with E-state index in [1.54, 1.807) is 19.1 Å². The minimum absolute atomic E-state index is 0.144. The lowest BCUT2D eigenvalue weighted by Gasteiger charge is -2.24. The van der Waals surface area contributed by atoms with Gasteiger partial charge in [-0.15, -0.1) is 0 Å². The van der Waals surface area contributed by atoms with Crippen molar-refractivity contribution in [3.63, 3.8) is 0 Å². The van der Waals surface area contributed by atoms with Crippen molar-refractivity contribution in [3.05, 3.63) is 51.6 Å². The van der Waals surface area contributed by atoms with Gasteiger partial charge < -0.3 is 15.4 Å². The maximum Gasteiger partial charge on any atom is 0.256 e. The number of aromatic nitrogens is 2. The largest absolute Gasteiger partial charge is 0.508 e. The van der Waals surface area contributed by atoms with Gasteiger partial charge in [0.2, 0.25) is 5.91 Å². The van der Waals surface area contributed by atoms with Crippen molar-refractivity contribution < 1.29 is 9.90 Å². The van der Waals surface area contributed by atoms with Gasteiger partial charge in [-0.05, 0) is 24.6 Å². The molecule has 0 aliphatic carbocycles. The highest BCUT2D eigenvalue weighted by Gasteiger charge is 2.30. The number of aryl methyl sites for hydroxylation is 1. The van der Waals surface area contributed by atoms with Gasteiger partial charge >= 0.3 is 0 Å². The summed E-state index contributed by atoms with van der Waals surface area (Å²) in [5.74, 6) is 0.399. The van der Waals surface area contributed by atoms with Crippen LogP contribution in [0.3, 0.4) is 0 Å². The molecule has 3 N–H and O–H groups in total. The van der Waals surface area contributed by atoms with E-state index in [1.165, 1.54) is 12.1 Å². The number of nitrogens with zero attached hydrogens (tertiary/aromatic N) is 1. The predicted molar refractivity (Wildman–Crippen MR) is 72.8 cm³/mol. The number of aromatic hydroxyl groups is 1. The Balaban J connectivity index is 2.17. The standard InChI is InChI=1S/C14H13N3O3/c1-7-15-13-12(14(20)16-7)10(6-11(19)17-13)8-2-4-9(18)5-3-8/h2-5,10,18H,6H2,1H3,(H2,15,16,17,19,20)/t10-/m0/s1. The Labute approximate surface area is 114 Å². The van der Waals surface area contributed by atoms with Crippen molar-refractivity contribution in [2.75, 3.05) is 5.32 Å². The quantitative estimate of drug-likeness (QED) is 0.727. The summed E-state index contributed by atoms with van der Waals surface area (Å²) in [5, 5.41) is 12.0. The number of nitrogens with one attached hydrogen (secondary N) is 2. The third-order valence-electron chi connectivity index (χ3n) is 3.36. The average Bonchev–Trinajstić information content (AvgIpc) is 2.37. The fraction of sp³-hybridized carbons (Fsp3) is 0.214. The lowest BCUT2D eigenvalue weighted by atomic mass is 9.87. The van der Waals surface area contributed by atoms with Gasteiger partial charge in [-0.25, -0.2) is 4.98 Å². The van der Waals surface area contributed by atoms with Crippen LogP contribution in [0, 0.1) is 6.92 Å². The Morgan fingerprint density at radius 1 is 1.25 bits per heavy atom. The van der Waals surface area contributed by atoms with E-state index in [0.717, 1.165) is 5.56 Å². The molecule has 1 aliphatic rings. The molecule has 0 bridgehead atoms. The maximum atomic E-state index is 12.1. The molecule has 1 atom stereocenters. The number of H-pyrrole nitrogens is 1. The number of anilines is 1. The summed E-state index contributed by atoms with van der Waals surface area (Å²) in [5.41, 5.74) is 1.02. The fourth-order valence-corrected chi connectivity index (χ4v) is 2.48. The summed E-state index contributed by atoms with van der Waals surface area (Å²) < 4.78 is 0. The van der Waals surface area contributed by atoms with Crippen LogP contribution in [0.2, 0.25) is 0 Å². The Kier molecular flexibility index (Phi) is 2.78. The minimum atomic E-state index is -0.351. The zero-order valence-corrected chi connectivity index (χ0v) is 10.8. The summed E-state index contributed by atoms with van der Waals surface area (Å²) in [6.45, 7) is 1.66. The van der Waals surface area contributed by atoms with Crippen LogP contribution in [-0.2, 0) is 4.79 Å². The van der Waals surface area contributed by atoms with Crippen LogP contribution >= 0.6 is 0 Å². The molecule has 0 fully saturated rings. The van der Waals surface area contributed by atoms with E-state index >= 15 is 0 Å². The molecule has 1 aromatic heterocycles. The molecule has 0 radical (unpaired) electrons. The first-order chi connectivity index (χ1) is 9.54. The van der Waals surface area contributed by atoms with Crippen LogP contribution in [0.25, 0.3) is 0 Å². The first kappa shape index (κ1) is 12.4. The number of hydrogen-bond donors (Lipinski definition) is 3. The molecule has 0 saturated heterocycles. The Morgan fingerprint density at radius 3 is 2.65 bits per heavy atom. The highest BCUT2D eigenvalue weighted by molar-refractivity contribution is 5.94. The zero-order valence-electron chi connectivity index (χ0n) is 10.8. The third-order valence-corrected chi connectivity index (χ3v) is 3.36. The van der Waals surface area contributed by atoms with Gasteiger partial charge in [0, 0.05) is 12.3 Å². The maximum absolute atomic E-state index is 12.1. The van der Waals surface area contributed by atoms with Crippen LogP contribution in [0.4, 0.5) is 5.82 Å². The summed E-state index contributed by atoms with van der Waals surface area (Å²) in [6, 6.07) is 6.50. The van der Waals surface area contributed by atoms with E-state index in [2.05, 4.69) is 15.3 Å². The second-order valence-electron chi connectivity index (χ2n) is 4.81. The molecule has 0 unspecified atom stereocenters. The van der Waals surface area contributed by atoms with E-state index in [1.807, 2.05) is 0 Å². The molecular formula is C14H13N3O3. The Bertz CT molecular complexity index is 734. The average molecular weight is 271 g/mol. The number of benzene rings is 1. The molecule has 6 heteroatoms. The van der Waals surface area contributed by atoms with Gasteiger partial charge in [0.1, 0.15) is 17.4 Å². The molecule has 3 rings (SSSR count). The van der Waals surface area contributed by atoms with Crippen molar-refractivity contribution in [2.24, 2.45) is 0 Å². The zero-order chi connectivity index (χ0) is 14.3. The van der Waals surface area contributed by atoms with Gasteiger partial charge in [0.25, 0.3) is 5.56 Å².